The third-order valence-electron chi connectivity index (χ3n) is 3.14. The van der Waals surface area contributed by atoms with Crippen molar-refractivity contribution in [1.29, 1.82) is 0 Å². The first-order valence-corrected chi connectivity index (χ1v) is 7.07. The van der Waals surface area contributed by atoms with Crippen molar-refractivity contribution in [3.05, 3.63) is 36.0 Å². The minimum Gasteiger partial charge on any atom is -0.508 e. The number of aromatic nitrogens is 2. The van der Waals surface area contributed by atoms with Gasteiger partial charge < -0.3 is 15.7 Å². The van der Waals surface area contributed by atoms with Gasteiger partial charge in [-0.15, -0.1) is 0 Å². The Morgan fingerprint density at radius 1 is 1.17 bits per heavy atom. The Balaban J connectivity index is 2.33. The Bertz CT molecular complexity index is 659. The molecule has 0 amide bonds. The van der Waals surface area contributed by atoms with Crippen LogP contribution >= 0.6 is 0 Å². The lowest BCUT2D eigenvalue weighted by Crippen LogP contribution is -2.18. The van der Waals surface area contributed by atoms with Gasteiger partial charge in [0.2, 0.25) is 5.95 Å². The van der Waals surface area contributed by atoms with Crippen molar-refractivity contribution < 1.29 is 18.3 Å². The predicted molar refractivity (Wildman–Crippen MR) is 81.8 cm³/mol. The lowest BCUT2D eigenvalue weighted by molar-refractivity contribution is -0.141. The zero-order chi connectivity index (χ0) is 17.0. The Morgan fingerprint density at radius 2 is 1.83 bits per heavy atom. The molecule has 0 radical (unpaired) electrons. The van der Waals surface area contributed by atoms with E-state index < -0.39 is 11.9 Å². The lowest BCUT2D eigenvalue weighted by atomic mass is 10.3. The highest BCUT2D eigenvalue weighted by Gasteiger charge is 2.33. The summed E-state index contributed by atoms with van der Waals surface area (Å²) in [7, 11) is 0. The maximum absolute atomic E-state index is 13.0. The molecule has 0 fully saturated rings. The van der Waals surface area contributed by atoms with Crippen LogP contribution in [0.2, 0.25) is 0 Å². The van der Waals surface area contributed by atoms with E-state index in [1.165, 1.54) is 24.3 Å². The van der Waals surface area contributed by atoms with Gasteiger partial charge in [-0.1, -0.05) is 6.92 Å². The predicted octanol–water partition coefficient (Wildman–Crippen LogP) is 4.16. The fourth-order valence-corrected chi connectivity index (χ4v) is 1.74. The molecule has 0 unspecified atom stereocenters. The van der Waals surface area contributed by atoms with E-state index in [0.717, 1.165) is 12.5 Å². The third-order valence-corrected chi connectivity index (χ3v) is 3.14. The van der Waals surface area contributed by atoms with Crippen LogP contribution in [0.1, 0.15) is 26.0 Å². The molecule has 1 aromatic carbocycles. The van der Waals surface area contributed by atoms with E-state index >= 15 is 0 Å². The van der Waals surface area contributed by atoms with Crippen LogP contribution in [0.25, 0.3) is 0 Å². The number of benzene rings is 1. The summed E-state index contributed by atoms with van der Waals surface area (Å²) in [6.07, 6.45) is -3.85. The smallest absolute Gasteiger partial charge is 0.433 e. The second kappa shape index (κ2) is 6.72. The van der Waals surface area contributed by atoms with Crippen LogP contribution in [0.15, 0.2) is 30.3 Å². The molecule has 0 spiro atoms. The number of phenolic OH excluding ortho intramolecular Hbond substituents is 1. The van der Waals surface area contributed by atoms with Gasteiger partial charge in [0.25, 0.3) is 0 Å². The van der Waals surface area contributed by atoms with E-state index in [2.05, 4.69) is 20.6 Å². The lowest BCUT2D eigenvalue weighted by Gasteiger charge is -2.15. The van der Waals surface area contributed by atoms with Gasteiger partial charge in [-0.25, -0.2) is 4.98 Å². The average Bonchev–Trinajstić information content (AvgIpc) is 2.48. The molecule has 3 N–H and O–H groups in total. The van der Waals surface area contributed by atoms with E-state index in [1.807, 2.05) is 13.8 Å². The SMILES string of the molecule is CC[C@@H](C)Nc1nc(Nc2ccc(O)cc2)cc(C(F)(F)F)n1. The number of hydrogen-bond donors (Lipinski definition) is 3. The molecule has 0 bridgehead atoms. The number of rotatable bonds is 5. The summed E-state index contributed by atoms with van der Waals surface area (Å²) < 4.78 is 38.9. The molecular weight excluding hydrogens is 309 g/mol. The second-order valence-electron chi connectivity index (χ2n) is 5.09. The summed E-state index contributed by atoms with van der Waals surface area (Å²) in [4.78, 5) is 7.58. The van der Waals surface area contributed by atoms with Crippen molar-refractivity contribution in [2.24, 2.45) is 0 Å². The van der Waals surface area contributed by atoms with Crippen molar-refractivity contribution in [1.82, 2.24) is 9.97 Å². The van der Waals surface area contributed by atoms with Gasteiger partial charge in [0.1, 0.15) is 11.6 Å². The quantitative estimate of drug-likeness (QED) is 0.720. The average molecular weight is 326 g/mol. The highest BCUT2D eigenvalue weighted by molar-refractivity contribution is 5.58. The Morgan fingerprint density at radius 3 is 2.39 bits per heavy atom. The highest BCUT2D eigenvalue weighted by Crippen LogP contribution is 2.30. The molecule has 8 heteroatoms. The zero-order valence-corrected chi connectivity index (χ0v) is 12.6. The van der Waals surface area contributed by atoms with Crippen molar-refractivity contribution in [3.63, 3.8) is 0 Å². The van der Waals surface area contributed by atoms with Crippen molar-refractivity contribution in [2.75, 3.05) is 10.6 Å². The first-order chi connectivity index (χ1) is 10.8. The molecule has 0 saturated heterocycles. The summed E-state index contributed by atoms with van der Waals surface area (Å²) in [6, 6.07) is 6.70. The summed E-state index contributed by atoms with van der Waals surface area (Å²) in [5.74, 6) is -0.00684. The number of hydrogen-bond acceptors (Lipinski definition) is 5. The first kappa shape index (κ1) is 16.9. The Labute approximate surface area is 131 Å². The fraction of sp³-hybridized carbons (Fsp3) is 0.333. The van der Waals surface area contributed by atoms with Crippen LogP contribution in [0.5, 0.6) is 5.75 Å². The van der Waals surface area contributed by atoms with Crippen LogP contribution in [0, 0.1) is 0 Å². The number of nitrogens with one attached hydrogen (secondary N) is 2. The zero-order valence-electron chi connectivity index (χ0n) is 12.6. The molecule has 1 aromatic heterocycles. The largest absolute Gasteiger partial charge is 0.508 e. The molecule has 0 saturated carbocycles. The minimum atomic E-state index is -4.57. The van der Waals surface area contributed by atoms with Crippen LogP contribution < -0.4 is 10.6 Å². The standard InChI is InChI=1S/C15H17F3N4O/c1-3-9(2)19-14-21-12(15(16,17)18)8-13(22-14)20-10-4-6-11(23)7-5-10/h4-9,23H,3H2,1-2H3,(H2,19,20,21,22)/t9-/m1/s1. The van der Waals surface area contributed by atoms with Gasteiger partial charge in [-0.2, -0.15) is 18.2 Å². The van der Waals surface area contributed by atoms with Crippen molar-refractivity contribution in [2.45, 2.75) is 32.5 Å². The molecule has 5 nitrogen and oxygen atoms in total. The van der Waals surface area contributed by atoms with Gasteiger partial charge in [-0.05, 0) is 37.6 Å². The molecule has 2 rings (SSSR count). The van der Waals surface area contributed by atoms with E-state index in [4.69, 9.17) is 0 Å². The number of aromatic hydroxyl groups is 1. The van der Waals surface area contributed by atoms with E-state index in [9.17, 15) is 18.3 Å². The van der Waals surface area contributed by atoms with Gasteiger partial charge in [-0.3, -0.25) is 0 Å². The molecule has 1 atom stereocenters. The summed E-state index contributed by atoms with van der Waals surface area (Å²) in [5, 5.41) is 14.8. The van der Waals surface area contributed by atoms with Crippen LogP contribution in [-0.2, 0) is 6.18 Å². The Kier molecular flexibility index (Phi) is 4.92. The van der Waals surface area contributed by atoms with Gasteiger partial charge in [0.15, 0.2) is 5.69 Å². The maximum atomic E-state index is 13.0. The maximum Gasteiger partial charge on any atom is 0.433 e. The number of halogens is 3. The fourth-order valence-electron chi connectivity index (χ4n) is 1.74. The van der Waals surface area contributed by atoms with Crippen molar-refractivity contribution in [3.8, 4) is 5.75 Å². The summed E-state index contributed by atoms with van der Waals surface area (Å²) in [5.41, 5.74) is -0.524. The molecule has 124 valence electrons. The third kappa shape index (κ3) is 4.73. The monoisotopic (exact) mass is 326 g/mol. The molecular formula is C15H17F3N4O. The van der Waals surface area contributed by atoms with E-state index in [1.54, 1.807) is 0 Å². The van der Waals surface area contributed by atoms with E-state index in [-0.39, 0.29) is 23.6 Å². The molecule has 0 aliphatic heterocycles. The number of anilines is 3. The van der Waals surface area contributed by atoms with Crippen molar-refractivity contribution >= 4 is 17.5 Å². The van der Waals surface area contributed by atoms with Gasteiger partial charge >= 0.3 is 6.18 Å². The normalized spacial score (nSPS) is 12.7. The Hall–Kier alpha value is -2.51. The topological polar surface area (TPSA) is 70.1 Å². The van der Waals surface area contributed by atoms with Gasteiger partial charge in [0, 0.05) is 17.8 Å². The molecule has 1 heterocycles. The minimum absolute atomic E-state index is 0.0174. The number of nitrogens with zero attached hydrogens (tertiary/aromatic N) is 2. The highest BCUT2D eigenvalue weighted by atomic mass is 19.4. The van der Waals surface area contributed by atoms with E-state index in [0.29, 0.717) is 5.69 Å². The second-order valence-corrected chi connectivity index (χ2v) is 5.09. The first-order valence-electron chi connectivity index (χ1n) is 7.07. The summed E-state index contributed by atoms with van der Waals surface area (Å²) in [6.45, 7) is 3.73. The molecule has 23 heavy (non-hydrogen) atoms. The number of alkyl halides is 3. The number of phenols is 1. The molecule has 0 aliphatic rings. The molecule has 0 aliphatic carbocycles. The van der Waals surface area contributed by atoms with Crippen LogP contribution in [-0.4, -0.2) is 21.1 Å². The van der Waals surface area contributed by atoms with Crippen LogP contribution in [0.4, 0.5) is 30.6 Å². The summed E-state index contributed by atoms with van der Waals surface area (Å²) >= 11 is 0. The van der Waals surface area contributed by atoms with Crippen LogP contribution in [0.3, 0.4) is 0 Å². The molecule has 2 aromatic rings. The van der Waals surface area contributed by atoms with Gasteiger partial charge in [0.05, 0.1) is 0 Å².